The van der Waals surface area contributed by atoms with Gasteiger partial charge in [-0.2, -0.15) is 0 Å². The first-order valence-electron chi connectivity index (χ1n) is 5.30. The molecule has 2 nitrogen and oxygen atoms in total. The lowest BCUT2D eigenvalue weighted by Gasteiger charge is -1.98. The van der Waals surface area contributed by atoms with E-state index in [9.17, 15) is 0 Å². The smallest absolute Gasteiger partial charge is 0.0682 e. The first-order chi connectivity index (χ1) is 7.81. The number of benzene rings is 2. The summed E-state index contributed by atoms with van der Waals surface area (Å²) in [5.74, 6) is 0. The quantitative estimate of drug-likeness (QED) is 0.656. The molecular weight excluding hydrogens is 198 g/mol. The number of aryl methyl sites for hydroxylation is 1. The lowest BCUT2D eigenvalue weighted by molar-refractivity contribution is 0.282. The molecule has 2 heteroatoms. The molecule has 0 aliphatic carbocycles. The highest BCUT2D eigenvalue weighted by Crippen LogP contribution is 2.28. The van der Waals surface area contributed by atoms with E-state index in [1.165, 1.54) is 10.9 Å². The summed E-state index contributed by atoms with van der Waals surface area (Å²) < 4.78 is 2.13. The van der Waals surface area contributed by atoms with Crippen molar-refractivity contribution in [3.8, 4) is 0 Å². The summed E-state index contributed by atoms with van der Waals surface area (Å²) in [4.78, 5) is 0. The van der Waals surface area contributed by atoms with Gasteiger partial charge in [-0.25, -0.2) is 0 Å². The Morgan fingerprint density at radius 2 is 2.06 bits per heavy atom. The number of para-hydroxylation sites is 1. The minimum absolute atomic E-state index is 0.0651. The average molecular weight is 210 g/mol. The monoisotopic (exact) mass is 210 g/mol. The standard InChI is InChI=1S/C14H12NO/c1-15-13-5-3-2-4-11(13)12-8-10(9-16)6-7-14(12)15/h2-6,8,16H,9H2,1H3. The van der Waals surface area contributed by atoms with Crippen molar-refractivity contribution >= 4 is 21.8 Å². The third kappa shape index (κ3) is 1.17. The molecule has 0 unspecified atom stereocenters. The Balaban J connectivity index is 2.52. The van der Waals surface area contributed by atoms with Crippen LogP contribution in [0.15, 0.2) is 36.4 Å². The van der Waals surface area contributed by atoms with Crippen LogP contribution in [0, 0.1) is 6.07 Å². The minimum atomic E-state index is 0.0651. The lowest BCUT2D eigenvalue weighted by Crippen LogP contribution is -1.87. The van der Waals surface area contributed by atoms with E-state index in [1.807, 2.05) is 31.3 Å². The molecule has 79 valence electrons. The first-order valence-corrected chi connectivity index (χ1v) is 5.30. The molecule has 0 saturated heterocycles. The Hall–Kier alpha value is -1.80. The van der Waals surface area contributed by atoms with Gasteiger partial charge in [-0.1, -0.05) is 18.2 Å². The largest absolute Gasteiger partial charge is 0.392 e. The van der Waals surface area contributed by atoms with E-state index in [0.29, 0.717) is 0 Å². The van der Waals surface area contributed by atoms with Crippen LogP contribution in [0.4, 0.5) is 0 Å². The van der Waals surface area contributed by atoms with Gasteiger partial charge in [-0.3, -0.25) is 0 Å². The summed E-state index contributed by atoms with van der Waals surface area (Å²) in [6.45, 7) is 0.0651. The van der Waals surface area contributed by atoms with Crippen LogP contribution >= 0.6 is 0 Å². The highest BCUT2D eigenvalue weighted by molar-refractivity contribution is 6.07. The minimum Gasteiger partial charge on any atom is -0.392 e. The van der Waals surface area contributed by atoms with E-state index in [0.717, 1.165) is 16.5 Å². The molecule has 0 aliphatic heterocycles. The van der Waals surface area contributed by atoms with Gasteiger partial charge < -0.3 is 9.67 Å². The molecule has 3 aromatic rings. The third-order valence-corrected chi connectivity index (χ3v) is 3.05. The predicted molar refractivity (Wildman–Crippen MR) is 65.2 cm³/mol. The van der Waals surface area contributed by atoms with Crippen molar-refractivity contribution in [1.29, 1.82) is 0 Å². The van der Waals surface area contributed by atoms with Crippen LogP contribution in [0.3, 0.4) is 0 Å². The van der Waals surface area contributed by atoms with E-state index in [1.54, 1.807) is 0 Å². The van der Waals surface area contributed by atoms with Gasteiger partial charge in [0.25, 0.3) is 0 Å². The molecule has 0 aliphatic rings. The van der Waals surface area contributed by atoms with Crippen molar-refractivity contribution < 1.29 is 5.11 Å². The van der Waals surface area contributed by atoms with Crippen LogP contribution in [0.25, 0.3) is 21.8 Å². The molecule has 0 amide bonds. The van der Waals surface area contributed by atoms with Gasteiger partial charge in [0.05, 0.1) is 12.1 Å². The highest BCUT2D eigenvalue weighted by atomic mass is 16.3. The molecule has 2 aromatic carbocycles. The van der Waals surface area contributed by atoms with Crippen molar-refractivity contribution in [2.45, 2.75) is 6.61 Å². The van der Waals surface area contributed by atoms with E-state index >= 15 is 0 Å². The topological polar surface area (TPSA) is 25.2 Å². The summed E-state index contributed by atoms with van der Waals surface area (Å²) in [6.07, 6.45) is 0. The van der Waals surface area contributed by atoms with Gasteiger partial charge in [0.2, 0.25) is 0 Å². The third-order valence-electron chi connectivity index (χ3n) is 3.05. The van der Waals surface area contributed by atoms with Crippen molar-refractivity contribution in [2.75, 3.05) is 0 Å². The number of hydrogen-bond acceptors (Lipinski definition) is 1. The van der Waals surface area contributed by atoms with Gasteiger partial charge >= 0.3 is 0 Å². The van der Waals surface area contributed by atoms with E-state index < -0.39 is 0 Å². The molecule has 0 atom stereocenters. The van der Waals surface area contributed by atoms with Gasteiger partial charge in [0, 0.05) is 29.4 Å². The van der Waals surface area contributed by atoms with Crippen LogP contribution < -0.4 is 0 Å². The molecule has 1 aromatic heterocycles. The number of hydrogen-bond donors (Lipinski definition) is 1. The zero-order valence-corrected chi connectivity index (χ0v) is 9.07. The second kappa shape index (κ2) is 3.35. The fraction of sp³-hybridized carbons (Fsp3) is 0.143. The molecule has 0 fully saturated rings. The van der Waals surface area contributed by atoms with Gasteiger partial charge in [0.15, 0.2) is 0 Å². The SMILES string of the molecule is Cn1c2[c]cc(CO)cc2c2ccccc21. The first kappa shape index (κ1) is 9.43. The van der Waals surface area contributed by atoms with Crippen LogP contribution in [-0.2, 0) is 13.7 Å². The summed E-state index contributed by atoms with van der Waals surface area (Å²) in [5.41, 5.74) is 3.19. The van der Waals surface area contributed by atoms with Gasteiger partial charge in [0.1, 0.15) is 0 Å². The number of aliphatic hydroxyl groups excluding tert-OH is 1. The Bertz CT molecular complexity index is 667. The average Bonchev–Trinajstić information content (AvgIpc) is 2.64. The molecule has 1 N–H and O–H groups in total. The van der Waals surface area contributed by atoms with E-state index in [-0.39, 0.29) is 6.61 Å². The maximum atomic E-state index is 9.15. The Kier molecular flexibility index (Phi) is 1.98. The number of nitrogens with zero attached hydrogens (tertiary/aromatic N) is 1. The van der Waals surface area contributed by atoms with E-state index in [2.05, 4.69) is 22.8 Å². The lowest BCUT2D eigenvalue weighted by atomic mass is 10.1. The number of aromatic nitrogens is 1. The molecule has 16 heavy (non-hydrogen) atoms. The maximum Gasteiger partial charge on any atom is 0.0682 e. The second-order valence-electron chi connectivity index (χ2n) is 4.00. The summed E-state index contributed by atoms with van der Waals surface area (Å²) in [5, 5.41) is 11.5. The fourth-order valence-electron chi connectivity index (χ4n) is 2.22. The van der Waals surface area contributed by atoms with Crippen LogP contribution in [0.1, 0.15) is 5.56 Å². The van der Waals surface area contributed by atoms with Gasteiger partial charge in [-0.15, -0.1) is 0 Å². The highest BCUT2D eigenvalue weighted by Gasteiger charge is 2.07. The normalized spacial score (nSPS) is 11.4. The van der Waals surface area contributed by atoms with Crippen molar-refractivity contribution in [3.63, 3.8) is 0 Å². The van der Waals surface area contributed by atoms with Crippen LogP contribution in [0.2, 0.25) is 0 Å². The zero-order valence-electron chi connectivity index (χ0n) is 9.07. The Labute approximate surface area is 93.7 Å². The predicted octanol–water partition coefficient (Wildman–Crippen LogP) is 2.62. The second-order valence-corrected chi connectivity index (χ2v) is 4.00. The van der Waals surface area contributed by atoms with E-state index in [4.69, 9.17) is 5.11 Å². The summed E-state index contributed by atoms with van der Waals surface area (Å²) in [7, 11) is 2.04. The maximum absolute atomic E-state index is 9.15. The van der Waals surface area contributed by atoms with Crippen LogP contribution in [0.5, 0.6) is 0 Å². The number of fused-ring (bicyclic) bond motifs is 3. The zero-order chi connectivity index (χ0) is 11.1. The molecule has 0 saturated carbocycles. The Morgan fingerprint density at radius 3 is 2.88 bits per heavy atom. The number of aliphatic hydroxyl groups is 1. The molecule has 1 radical (unpaired) electrons. The molecule has 0 bridgehead atoms. The fourth-order valence-corrected chi connectivity index (χ4v) is 2.22. The Morgan fingerprint density at radius 1 is 1.25 bits per heavy atom. The van der Waals surface area contributed by atoms with Crippen molar-refractivity contribution in [1.82, 2.24) is 4.57 Å². The van der Waals surface area contributed by atoms with Crippen molar-refractivity contribution in [3.05, 3.63) is 48.0 Å². The molecule has 0 spiro atoms. The molecular formula is C14H12NO. The summed E-state index contributed by atoms with van der Waals surface area (Å²) in [6, 6.07) is 15.4. The van der Waals surface area contributed by atoms with Gasteiger partial charge in [-0.05, 0) is 23.8 Å². The molecule has 1 heterocycles. The van der Waals surface area contributed by atoms with Crippen molar-refractivity contribution in [2.24, 2.45) is 7.05 Å². The van der Waals surface area contributed by atoms with Crippen LogP contribution in [-0.4, -0.2) is 9.67 Å². The number of rotatable bonds is 1. The summed E-state index contributed by atoms with van der Waals surface area (Å²) >= 11 is 0. The molecule has 3 rings (SSSR count).